The number of hydrogen-bond donors (Lipinski definition) is 2. The lowest BCUT2D eigenvalue weighted by atomic mass is 9.68. The van der Waals surface area contributed by atoms with Crippen molar-refractivity contribution in [3.8, 4) is 0 Å². The van der Waals surface area contributed by atoms with Crippen molar-refractivity contribution in [1.82, 2.24) is 10.6 Å². The summed E-state index contributed by atoms with van der Waals surface area (Å²) in [4.78, 5) is 25.8. The van der Waals surface area contributed by atoms with Crippen LogP contribution in [0, 0.1) is 0 Å². The average molecular weight is 399 g/mol. The summed E-state index contributed by atoms with van der Waals surface area (Å²) in [5.41, 5.74) is 1.35. The predicted octanol–water partition coefficient (Wildman–Crippen LogP) is 4.36. The van der Waals surface area contributed by atoms with Gasteiger partial charge in [0.2, 0.25) is 11.8 Å². The predicted molar refractivity (Wildman–Crippen MR) is 112 cm³/mol. The Labute approximate surface area is 171 Å². The van der Waals surface area contributed by atoms with Crippen LogP contribution in [0.15, 0.2) is 54.6 Å². The average Bonchev–Trinajstić information content (AvgIpc) is 2.73. The summed E-state index contributed by atoms with van der Waals surface area (Å²) < 4.78 is 0. The number of hydrogen-bond acceptors (Lipinski definition) is 2. The van der Waals surface area contributed by atoms with Gasteiger partial charge in [-0.05, 0) is 43.0 Å². The molecule has 28 heavy (non-hydrogen) atoms. The van der Waals surface area contributed by atoms with Crippen LogP contribution in [-0.4, -0.2) is 17.9 Å². The Morgan fingerprint density at radius 1 is 1.04 bits per heavy atom. The number of rotatable bonds is 6. The molecule has 3 rings (SSSR count). The van der Waals surface area contributed by atoms with E-state index in [0.29, 0.717) is 11.6 Å². The Bertz CT molecular complexity index is 816. The van der Waals surface area contributed by atoms with E-state index in [2.05, 4.69) is 10.6 Å². The Balaban J connectivity index is 1.68. The molecular weight excluding hydrogens is 372 g/mol. The van der Waals surface area contributed by atoms with Crippen LogP contribution in [0.3, 0.4) is 0 Å². The van der Waals surface area contributed by atoms with E-state index in [0.717, 1.165) is 43.2 Å². The third-order valence-electron chi connectivity index (χ3n) is 5.57. The minimum absolute atomic E-state index is 0.0863. The number of carbonyl (C=O) groups is 2. The molecule has 2 aromatic carbocycles. The first-order chi connectivity index (χ1) is 13.5. The van der Waals surface area contributed by atoms with E-state index in [1.54, 1.807) is 6.92 Å². The first-order valence-electron chi connectivity index (χ1n) is 9.90. The fourth-order valence-electron chi connectivity index (χ4n) is 3.93. The Morgan fingerprint density at radius 3 is 2.43 bits per heavy atom. The number of amides is 2. The first-order valence-corrected chi connectivity index (χ1v) is 10.3. The van der Waals surface area contributed by atoms with Crippen LogP contribution in [0.25, 0.3) is 0 Å². The van der Waals surface area contributed by atoms with Crippen molar-refractivity contribution in [2.75, 3.05) is 0 Å². The van der Waals surface area contributed by atoms with Crippen molar-refractivity contribution >= 4 is 23.4 Å². The van der Waals surface area contributed by atoms with Gasteiger partial charge in [-0.15, -0.1) is 0 Å². The third kappa shape index (κ3) is 4.74. The summed E-state index contributed by atoms with van der Waals surface area (Å²) in [6, 6.07) is 16.7. The molecular formula is C23H27ClN2O2. The van der Waals surface area contributed by atoms with Crippen molar-refractivity contribution in [1.29, 1.82) is 0 Å². The molecule has 1 aliphatic rings. The summed E-state index contributed by atoms with van der Waals surface area (Å²) in [6.45, 7) is 2.17. The number of nitrogens with one attached hydrogen (secondary N) is 2. The molecule has 2 aromatic rings. The smallest absolute Gasteiger partial charge is 0.242 e. The van der Waals surface area contributed by atoms with E-state index in [-0.39, 0.29) is 11.8 Å². The SMILES string of the molecule is CC(NC(=O)C1(c2cccc(Cl)c2)CCCCC1)C(=O)NCc1ccccc1. The summed E-state index contributed by atoms with van der Waals surface area (Å²) >= 11 is 6.19. The highest BCUT2D eigenvalue weighted by atomic mass is 35.5. The van der Waals surface area contributed by atoms with Crippen LogP contribution < -0.4 is 10.6 Å². The lowest BCUT2D eigenvalue weighted by molar-refractivity contribution is -0.132. The van der Waals surface area contributed by atoms with Gasteiger partial charge < -0.3 is 10.6 Å². The molecule has 0 saturated heterocycles. The van der Waals surface area contributed by atoms with E-state index in [9.17, 15) is 9.59 Å². The molecule has 4 nitrogen and oxygen atoms in total. The third-order valence-corrected chi connectivity index (χ3v) is 5.80. The molecule has 148 valence electrons. The molecule has 2 amide bonds. The summed E-state index contributed by atoms with van der Waals surface area (Å²) in [5, 5.41) is 6.47. The topological polar surface area (TPSA) is 58.2 Å². The van der Waals surface area contributed by atoms with Crippen LogP contribution in [-0.2, 0) is 21.5 Å². The standard InChI is InChI=1S/C23H27ClN2O2/c1-17(21(27)25-16-18-9-4-2-5-10-18)26-22(28)23(13-6-3-7-14-23)19-11-8-12-20(24)15-19/h2,4-5,8-12,15,17H,3,6-7,13-14,16H2,1H3,(H,25,27)(H,26,28). The van der Waals surface area contributed by atoms with Crippen molar-refractivity contribution in [3.63, 3.8) is 0 Å². The molecule has 0 aliphatic heterocycles. The highest BCUT2D eigenvalue weighted by molar-refractivity contribution is 6.30. The second-order valence-electron chi connectivity index (χ2n) is 7.55. The van der Waals surface area contributed by atoms with Gasteiger partial charge in [0.05, 0.1) is 5.41 Å². The van der Waals surface area contributed by atoms with Gasteiger partial charge in [0.15, 0.2) is 0 Å². The molecule has 1 fully saturated rings. The number of carbonyl (C=O) groups excluding carboxylic acids is 2. The largest absolute Gasteiger partial charge is 0.350 e. The lowest BCUT2D eigenvalue weighted by Gasteiger charge is -2.37. The van der Waals surface area contributed by atoms with E-state index in [4.69, 9.17) is 11.6 Å². The minimum atomic E-state index is -0.614. The fourth-order valence-corrected chi connectivity index (χ4v) is 4.12. The fraction of sp³-hybridized carbons (Fsp3) is 0.391. The minimum Gasteiger partial charge on any atom is -0.350 e. The molecule has 1 saturated carbocycles. The van der Waals surface area contributed by atoms with Crippen molar-refractivity contribution in [3.05, 3.63) is 70.7 Å². The van der Waals surface area contributed by atoms with Gasteiger partial charge in [0.1, 0.15) is 6.04 Å². The lowest BCUT2D eigenvalue weighted by Crippen LogP contribution is -2.52. The van der Waals surface area contributed by atoms with Gasteiger partial charge in [-0.2, -0.15) is 0 Å². The summed E-state index contributed by atoms with van der Waals surface area (Å²) in [7, 11) is 0. The van der Waals surface area contributed by atoms with E-state index >= 15 is 0 Å². The van der Waals surface area contributed by atoms with Crippen LogP contribution in [0.5, 0.6) is 0 Å². The maximum atomic E-state index is 13.3. The second-order valence-corrected chi connectivity index (χ2v) is 7.99. The van der Waals surface area contributed by atoms with E-state index in [1.165, 1.54) is 0 Å². The number of halogens is 1. The monoisotopic (exact) mass is 398 g/mol. The molecule has 0 radical (unpaired) electrons. The molecule has 0 spiro atoms. The van der Waals surface area contributed by atoms with Crippen molar-refractivity contribution in [2.24, 2.45) is 0 Å². The van der Waals surface area contributed by atoms with Gasteiger partial charge in [-0.1, -0.05) is 73.3 Å². The Kier molecular flexibility index (Phi) is 6.74. The maximum Gasteiger partial charge on any atom is 0.242 e. The van der Waals surface area contributed by atoms with Gasteiger partial charge in [0.25, 0.3) is 0 Å². The number of benzene rings is 2. The highest BCUT2D eigenvalue weighted by Crippen LogP contribution is 2.40. The first kappa shape index (κ1) is 20.4. The van der Waals surface area contributed by atoms with Gasteiger partial charge >= 0.3 is 0 Å². The van der Waals surface area contributed by atoms with E-state index < -0.39 is 11.5 Å². The molecule has 0 aromatic heterocycles. The summed E-state index contributed by atoms with van der Waals surface area (Å²) in [6.07, 6.45) is 4.67. The second kappa shape index (κ2) is 9.24. The molecule has 1 aliphatic carbocycles. The van der Waals surface area contributed by atoms with E-state index in [1.807, 2.05) is 54.6 Å². The molecule has 0 heterocycles. The van der Waals surface area contributed by atoms with Gasteiger partial charge in [0, 0.05) is 11.6 Å². The quantitative estimate of drug-likeness (QED) is 0.759. The zero-order chi connectivity index (χ0) is 20.0. The maximum absolute atomic E-state index is 13.3. The summed E-state index contributed by atoms with van der Waals surface area (Å²) in [5.74, 6) is -0.272. The van der Waals surface area contributed by atoms with Crippen LogP contribution in [0.1, 0.15) is 50.2 Å². The van der Waals surface area contributed by atoms with Crippen LogP contribution in [0.2, 0.25) is 5.02 Å². The molecule has 1 unspecified atom stereocenters. The van der Waals surface area contributed by atoms with Crippen molar-refractivity contribution in [2.45, 2.75) is 57.0 Å². The van der Waals surface area contributed by atoms with Crippen molar-refractivity contribution < 1.29 is 9.59 Å². The zero-order valence-corrected chi connectivity index (χ0v) is 17.0. The Hall–Kier alpha value is -2.33. The molecule has 1 atom stereocenters. The van der Waals surface area contributed by atoms with Gasteiger partial charge in [-0.3, -0.25) is 9.59 Å². The highest BCUT2D eigenvalue weighted by Gasteiger charge is 2.42. The molecule has 5 heteroatoms. The molecule has 2 N–H and O–H groups in total. The normalized spacial score (nSPS) is 16.8. The van der Waals surface area contributed by atoms with Gasteiger partial charge in [-0.25, -0.2) is 0 Å². The zero-order valence-electron chi connectivity index (χ0n) is 16.2. The van der Waals surface area contributed by atoms with Crippen LogP contribution >= 0.6 is 11.6 Å². The molecule has 0 bridgehead atoms. The Morgan fingerprint density at radius 2 is 1.75 bits per heavy atom. The van der Waals surface area contributed by atoms with Crippen LogP contribution in [0.4, 0.5) is 0 Å².